The molecule has 3 aliphatic rings. The fourth-order valence-electron chi connectivity index (χ4n) is 3.87. The third kappa shape index (κ3) is 2.03. The van der Waals surface area contributed by atoms with Crippen molar-refractivity contribution in [2.24, 2.45) is 11.8 Å². The smallest absolute Gasteiger partial charge is 0.0386 e. The highest BCUT2D eigenvalue weighted by atomic mass is 15.1. The lowest BCUT2D eigenvalue weighted by Gasteiger charge is -2.41. The molecule has 1 aromatic rings. The van der Waals surface area contributed by atoms with E-state index in [1.807, 2.05) is 0 Å². The molecule has 0 amide bonds. The van der Waals surface area contributed by atoms with E-state index in [-0.39, 0.29) is 0 Å². The Labute approximate surface area is 115 Å². The lowest BCUT2D eigenvalue weighted by Crippen LogP contribution is -2.43. The second-order valence-electron chi connectivity index (χ2n) is 6.23. The van der Waals surface area contributed by atoms with Crippen LogP contribution in [0.1, 0.15) is 25.7 Å². The number of benzene rings is 1. The predicted molar refractivity (Wildman–Crippen MR) is 80.7 cm³/mol. The van der Waals surface area contributed by atoms with Gasteiger partial charge in [-0.15, -0.1) is 0 Å². The molecule has 3 unspecified atom stereocenters. The molecule has 100 valence electrons. The number of rotatable bonds is 3. The second-order valence-corrected chi connectivity index (χ2v) is 6.23. The lowest BCUT2D eigenvalue weighted by molar-refractivity contribution is 0.218. The minimum atomic E-state index is 0.664. The Morgan fingerprint density at radius 2 is 2.05 bits per heavy atom. The van der Waals surface area contributed by atoms with Crippen molar-refractivity contribution in [1.29, 1.82) is 0 Å². The Balaban J connectivity index is 1.46. The molecule has 1 N–H and O–H groups in total. The summed E-state index contributed by atoms with van der Waals surface area (Å²) in [6.45, 7) is 2.45. The predicted octanol–water partition coefficient (Wildman–Crippen LogP) is 3.66. The van der Waals surface area contributed by atoms with E-state index < -0.39 is 0 Å². The first-order chi connectivity index (χ1) is 9.40. The van der Waals surface area contributed by atoms with Crippen LogP contribution >= 0.6 is 0 Å². The summed E-state index contributed by atoms with van der Waals surface area (Å²) in [4.78, 5) is 2.50. The van der Waals surface area contributed by atoms with E-state index >= 15 is 0 Å². The summed E-state index contributed by atoms with van der Waals surface area (Å²) in [6.07, 6.45) is 10.1. The van der Waals surface area contributed by atoms with Gasteiger partial charge in [0.25, 0.3) is 0 Å². The molecule has 3 atom stereocenters. The molecule has 1 aromatic carbocycles. The number of nitrogens with zero attached hydrogens (tertiary/aromatic N) is 1. The van der Waals surface area contributed by atoms with E-state index in [4.69, 9.17) is 0 Å². The highest BCUT2D eigenvalue weighted by molar-refractivity contribution is 5.59. The van der Waals surface area contributed by atoms with E-state index in [0.29, 0.717) is 6.04 Å². The van der Waals surface area contributed by atoms with Gasteiger partial charge in [-0.1, -0.05) is 18.2 Å². The Kier molecular flexibility index (Phi) is 2.75. The van der Waals surface area contributed by atoms with Gasteiger partial charge in [-0.05, 0) is 49.8 Å². The van der Waals surface area contributed by atoms with Crippen molar-refractivity contribution >= 4 is 11.4 Å². The average Bonchev–Trinajstić information content (AvgIpc) is 3.06. The van der Waals surface area contributed by atoms with E-state index in [1.54, 1.807) is 0 Å². The standard InChI is InChI=1S/C17H22N2/c1-2-10-19(9-1)15-7-4-6-14(12-15)18-17-11-13-5-3-8-16(13)17/h3-4,6-8,12-13,16-18H,1-2,5,9-11H2. The molecule has 2 fully saturated rings. The van der Waals surface area contributed by atoms with E-state index in [1.165, 1.54) is 50.1 Å². The van der Waals surface area contributed by atoms with Crippen LogP contribution in [0.2, 0.25) is 0 Å². The summed E-state index contributed by atoms with van der Waals surface area (Å²) in [7, 11) is 0. The summed E-state index contributed by atoms with van der Waals surface area (Å²) in [6, 6.07) is 9.65. The minimum Gasteiger partial charge on any atom is -0.382 e. The van der Waals surface area contributed by atoms with Gasteiger partial charge in [-0.2, -0.15) is 0 Å². The molecule has 0 radical (unpaired) electrons. The van der Waals surface area contributed by atoms with Gasteiger partial charge in [-0.3, -0.25) is 0 Å². The van der Waals surface area contributed by atoms with Crippen molar-refractivity contribution in [2.45, 2.75) is 31.7 Å². The molecule has 4 rings (SSSR count). The zero-order valence-corrected chi connectivity index (χ0v) is 11.4. The first kappa shape index (κ1) is 11.4. The van der Waals surface area contributed by atoms with Gasteiger partial charge in [0.05, 0.1) is 0 Å². The van der Waals surface area contributed by atoms with E-state index in [0.717, 1.165) is 11.8 Å². The molecule has 2 nitrogen and oxygen atoms in total. The normalized spacial score (nSPS) is 32.2. The molecule has 1 saturated carbocycles. The van der Waals surface area contributed by atoms with E-state index in [2.05, 4.69) is 46.6 Å². The van der Waals surface area contributed by atoms with Crippen LogP contribution in [0.25, 0.3) is 0 Å². The number of hydrogen-bond donors (Lipinski definition) is 1. The van der Waals surface area contributed by atoms with Crippen LogP contribution in [0.15, 0.2) is 36.4 Å². The van der Waals surface area contributed by atoms with Gasteiger partial charge >= 0.3 is 0 Å². The van der Waals surface area contributed by atoms with Crippen LogP contribution in [0.3, 0.4) is 0 Å². The highest BCUT2D eigenvalue weighted by Gasteiger charge is 2.40. The number of allylic oxidation sites excluding steroid dienone is 1. The number of fused-ring (bicyclic) bond motifs is 1. The molecule has 1 aliphatic heterocycles. The first-order valence-corrected chi connectivity index (χ1v) is 7.68. The molecule has 0 bridgehead atoms. The van der Waals surface area contributed by atoms with Gasteiger partial charge < -0.3 is 10.2 Å². The summed E-state index contributed by atoms with van der Waals surface area (Å²) in [5.74, 6) is 1.72. The number of anilines is 2. The van der Waals surface area contributed by atoms with Crippen LogP contribution < -0.4 is 10.2 Å². The van der Waals surface area contributed by atoms with E-state index in [9.17, 15) is 0 Å². The molecule has 0 aromatic heterocycles. The highest BCUT2D eigenvalue weighted by Crippen LogP contribution is 2.44. The molecule has 19 heavy (non-hydrogen) atoms. The average molecular weight is 254 g/mol. The van der Waals surface area contributed by atoms with Crippen molar-refractivity contribution in [3.8, 4) is 0 Å². The zero-order valence-electron chi connectivity index (χ0n) is 11.4. The van der Waals surface area contributed by atoms with Crippen LogP contribution in [0, 0.1) is 11.8 Å². The first-order valence-electron chi connectivity index (χ1n) is 7.68. The van der Waals surface area contributed by atoms with Crippen molar-refractivity contribution in [1.82, 2.24) is 0 Å². The summed E-state index contributed by atoms with van der Waals surface area (Å²) in [5, 5.41) is 3.74. The molecule has 0 spiro atoms. The number of nitrogens with one attached hydrogen (secondary N) is 1. The molecule has 1 heterocycles. The maximum absolute atomic E-state index is 3.74. The van der Waals surface area contributed by atoms with Gasteiger partial charge in [0.15, 0.2) is 0 Å². The maximum Gasteiger partial charge on any atom is 0.0386 e. The van der Waals surface area contributed by atoms with Crippen molar-refractivity contribution in [2.75, 3.05) is 23.3 Å². The van der Waals surface area contributed by atoms with Crippen molar-refractivity contribution in [3.63, 3.8) is 0 Å². The zero-order chi connectivity index (χ0) is 12.7. The molecular formula is C17H22N2. The molecule has 2 aliphatic carbocycles. The maximum atomic E-state index is 3.74. The van der Waals surface area contributed by atoms with Crippen LogP contribution in [-0.4, -0.2) is 19.1 Å². The van der Waals surface area contributed by atoms with Gasteiger partial charge in [-0.25, -0.2) is 0 Å². The molecule has 2 heteroatoms. The SMILES string of the molecule is C1=CC2C(C1)CC2Nc1cccc(N2CCCC2)c1. The monoisotopic (exact) mass is 254 g/mol. The molecule has 1 saturated heterocycles. The van der Waals surface area contributed by atoms with Crippen molar-refractivity contribution in [3.05, 3.63) is 36.4 Å². The summed E-state index contributed by atoms with van der Waals surface area (Å²) >= 11 is 0. The Morgan fingerprint density at radius 3 is 2.89 bits per heavy atom. The summed E-state index contributed by atoms with van der Waals surface area (Å²) < 4.78 is 0. The van der Waals surface area contributed by atoms with Crippen LogP contribution in [-0.2, 0) is 0 Å². The van der Waals surface area contributed by atoms with Crippen LogP contribution in [0.5, 0.6) is 0 Å². The van der Waals surface area contributed by atoms with Crippen LogP contribution in [0.4, 0.5) is 11.4 Å². The largest absolute Gasteiger partial charge is 0.382 e. The summed E-state index contributed by atoms with van der Waals surface area (Å²) in [5.41, 5.74) is 2.69. The third-order valence-corrected chi connectivity index (χ3v) is 5.03. The fourth-order valence-corrected chi connectivity index (χ4v) is 3.87. The third-order valence-electron chi connectivity index (χ3n) is 5.03. The minimum absolute atomic E-state index is 0.664. The number of hydrogen-bond acceptors (Lipinski definition) is 2. The van der Waals surface area contributed by atoms with Gasteiger partial charge in [0.1, 0.15) is 0 Å². The second kappa shape index (κ2) is 4.59. The fraction of sp³-hybridized carbons (Fsp3) is 0.529. The van der Waals surface area contributed by atoms with Gasteiger partial charge in [0, 0.05) is 36.4 Å². The Hall–Kier alpha value is -1.44. The Bertz CT molecular complexity index is 488. The quantitative estimate of drug-likeness (QED) is 0.828. The Morgan fingerprint density at radius 1 is 1.16 bits per heavy atom. The topological polar surface area (TPSA) is 15.3 Å². The van der Waals surface area contributed by atoms with Gasteiger partial charge in [0.2, 0.25) is 0 Å². The lowest BCUT2D eigenvalue weighted by atomic mass is 9.71. The van der Waals surface area contributed by atoms with Crippen molar-refractivity contribution < 1.29 is 0 Å². The molecular weight excluding hydrogens is 232 g/mol.